The van der Waals surface area contributed by atoms with E-state index in [1.807, 2.05) is 6.92 Å². The highest BCUT2D eigenvalue weighted by atomic mass is 35.5. The zero-order chi connectivity index (χ0) is 21.2. The van der Waals surface area contributed by atoms with Gasteiger partial charge in [0.2, 0.25) is 0 Å². The van der Waals surface area contributed by atoms with E-state index in [4.69, 9.17) is 23.2 Å². The minimum Gasteiger partial charge on any atom is -0.240 e. The number of thioether (sulfide) groups is 1. The number of nitrogens with zero attached hydrogens (tertiary/aromatic N) is 2. The average Bonchev–Trinajstić information content (AvgIpc) is 2.66. The smallest absolute Gasteiger partial charge is 0.240 e. The van der Waals surface area contributed by atoms with Gasteiger partial charge in [0.15, 0.2) is 0 Å². The molecular formula is C21H13Cl2F3N2S. The fourth-order valence-electron chi connectivity index (χ4n) is 2.61. The lowest BCUT2D eigenvalue weighted by molar-refractivity contribution is -0.138. The predicted molar refractivity (Wildman–Crippen MR) is 110 cm³/mol. The Balaban J connectivity index is 2.07. The van der Waals surface area contributed by atoms with Crippen LogP contribution < -0.4 is 0 Å². The van der Waals surface area contributed by atoms with Crippen molar-refractivity contribution in [1.29, 1.82) is 5.26 Å². The fraction of sp³-hybridized carbons (Fsp3) is 0.143. The molecule has 0 N–H and O–H groups in total. The summed E-state index contributed by atoms with van der Waals surface area (Å²) in [7, 11) is 0. The standard InChI is InChI=1S/C21H13Cl2F3N2S/c1-12-2-4-13(5-3-12)19-9-17(21(24,25)26)16(10-27)20(28-19)29-11-14-6-7-15(22)8-18(14)23/h2-9H,11H2,1H3. The van der Waals surface area contributed by atoms with Crippen LogP contribution in [0.15, 0.2) is 53.6 Å². The summed E-state index contributed by atoms with van der Waals surface area (Å²) in [6, 6.07) is 14.5. The second-order valence-electron chi connectivity index (χ2n) is 6.24. The van der Waals surface area contributed by atoms with Crippen molar-refractivity contribution in [2.75, 3.05) is 0 Å². The van der Waals surface area contributed by atoms with E-state index in [1.54, 1.807) is 48.5 Å². The van der Waals surface area contributed by atoms with E-state index < -0.39 is 17.3 Å². The van der Waals surface area contributed by atoms with Crippen molar-refractivity contribution >= 4 is 35.0 Å². The highest BCUT2D eigenvalue weighted by Gasteiger charge is 2.36. The van der Waals surface area contributed by atoms with Gasteiger partial charge in [-0.3, -0.25) is 0 Å². The Morgan fingerprint density at radius 2 is 1.76 bits per heavy atom. The number of benzene rings is 2. The number of aryl methyl sites for hydroxylation is 1. The Labute approximate surface area is 180 Å². The van der Waals surface area contributed by atoms with Crippen LogP contribution in [0.3, 0.4) is 0 Å². The number of aromatic nitrogens is 1. The van der Waals surface area contributed by atoms with E-state index in [1.165, 1.54) is 0 Å². The molecule has 0 saturated carbocycles. The molecule has 0 saturated heterocycles. The molecule has 0 amide bonds. The van der Waals surface area contributed by atoms with Gasteiger partial charge in [-0.25, -0.2) is 4.98 Å². The number of alkyl halides is 3. The molecule has 0 atom stereocenters. The lowest BCUT2D eigenvalue weighted by Gasteiger charge is -2.14. The van der Waals surface area contributed by atoms with E-state index in [0.29, 0.717) is 21.2 Å². The molecule has 1 heterocycles. The van der Waals surface area contributed by atoms with E-state index in [2.05, 4.69) is 4.98 Å². The first-order valence-corrected chi connectivity index (χ1v) is 10.1. The molecule has 29 heavy (non-hydrogen) atoms. The average molecular weight is 453 g/mol. The van der Waals surface area contributed by atoms with Crippen molar-refractivity contribution in [3.63, 3.8) is 0 Å². The molecule has 0 aliphatic carbocycles. The summed E-state index contributed by atoms with van der Waals surface area (Å²) in [6.07, 6.45) is -4.68. The summed E-state index contributed by atoms with van der Waals surface area (Å²) in [5, 5.41) is 10.3. The molecule has 0 bridgehead atoms. The summed E-state index contributed by atoms with van der Waals surface area (Å²) in [6.45, 7) is 1.88. The molecule has 0 unspecified atom stereocenters. The Bertz CT molecular complexity index is 1090. The molecule has 3 rings (SSSR count). The number of halogens is 5. The van der Waals surface area contributed by atoms with Crippen LogP contribution in [0.2, 0.25) is 10.0 Å². The van der Waals surface area contributed by atoms with Crippen molar-refractivity contribution in [1.82, 2.24) is 4.98 Å². The predicted octanol–water partition coefficient (Wildman–Crippen LogP) is 7.55. The largest absolute Gasteiger partial charge is 0.417 e. The molecule has 0 aliphatic heterocycles. The third-order valence-corrected chi connectivity index (χ3v) is 5.74. The van der Waals surface area contributed by atoms with Gasteiger partial charge in [-0.2, -0.15) is 18.4 Å². The molecule has 148 valence electrons. The van der Waals surface area contributed by atoms with Gasteiger partial charge < -0.3 is 0 Å². The second kappa shape index (κ2) is 8.66. The number of nitriles is 1. The number of pyridine rings is 1. The van der Waals surface area contributed by atoms with Gasteiger partial charge in [0.25, 0.3) is 0 Å². The van der Waals surface area contributed by atoms with Crippen LogP contribution in [-0.2, 0) is 11.9 Å². The minimum atomic E-state index is -4.68. The molecule has 3 aromatic rings. The molecule has 0 fully saturated rings. The molecule has 0 radical (unpaired) electrons. The maximum Gasteiger partial charge on any atom is 0.417 e. The summed E-state index contributed by atoms with van der Waals surface area (Å²) in [4.78, 5) is 4.35. The van der Waals surface area contributed by atoms with Crippen LogP contribution in [0.25, 0.3) is 11.3 Å². The summed E-state index contributed by atoms with van der Waals surface area (Å²) in [5.41, 5.74) is 0.850. The summed E-state index contributed by atoms with van der Waals surface area (Å²) < 4.78 is 40.9. The Morgan fingerprint density at radius 3 is 2.34 bits per heavy atom. The van der Waals surface area contributed by atoms with Gasteiger partial charge in [0, 0.05) is 21.4 Å². The fourth-order valence-corrected chi connectivity index (χ4v) is 4.18. The van der Waals surface area contributed by atoms with E-state index in [-0.39, 0.29) is 16.5 Å². The summed E-state index contributed by atoms with van der Waals surface area (Å²) >= 11 is 13.1. The Hall–Kier alpha value is -2.20. The maximum absolute atomic E-state index is 13.6. The van der Waals surface area contributed by atoms with Crippen molar-refractivity contribution in [3.05, 3.63) is 80.8 Å². The van der Waals surface area contributed by atoms with Crippen molar-refractivity contribution in [3.8, 4) is 17.3 Å². The lowest BCUT2D eigenvalue weighted by Crippen LogP contribution is -2.10. The van der Waals surface area contributed by atoms with Gasteiger partial charge in [-0.15, -0.1) is 11.8 Å². The van der Waals surface area contributed by atoms with Crippen LogP contribution in [0, 0.1) is 18.3 Å². The first kappa shape index (κ1) is 21.5. The van der Waals surface area contributed by atoms with Gasteiger partial charge >= 0.3 is 6.18 Å². The minimum absolute atomic E-state index is 0.00363. The van der Waals surface area contributed by atoms with Gasteiger partial charge in [-0.1, -0.05) is 59.1 Å². The lowest BCUT2D eigenvalue weighted by atomic mass is 10.0. The third kappa shape index (κ3) is 5.05. The first-order valence-electron chi connectivity index (χ1n) is 8.35. The van der Waals surface area contributed by atoms with Crippen molar-refractivity contribution in [2.45, 2.75) is 23.9 Å². The van der Waals surface area contributed by atoms with Crippen LogP contribution in [0.5, 0.6) is 0 Å². The molecule has 8 heteroatoms. The second-order valence-corrected chi connectivity index (χ2v) is 8.04. The normalized spacial score (nSPS) is 11.3. The summed E-state index contributed by atoms with van der Waals surface area (Å²) in [5.74, 6) is 0.242. The zero-order valence-electron chi connectivity index (χ0n) is 15.0. The van der Waals surface area contributed by atoms with E-state index in [0.717, 1.165) is 23.4 Å². The Kier molecular flexibility index (Phi) is 6.42. The number of hydrogen-bond acceptors (Lipinski definition) is 3. The van der Waals surface area contributed by atoms with Crippen LogP contribution >= 0.6 is 35.0 Å². The van der Waals surface area contributed by atoms with E-state index in [9.17, 15) is 18.4 Å². The molecule has 2 aromatic carbocycles. The quantitative estimate of drug-likeness (QED) is 0.383. The van der Waals surface area contributed by atoms with Gasteiger partial charge in [0.05, 0.1) is 16.8 Å². The van der Waals surface area contributed by atoms with Crippen LogP contribution in [0.4, 0.5) is 13.2 Å². The number of hydrogen-bond donors (Lipinski definition) is 0. The molecule has 0 spiro atoms. The third-order valence-electron chi connectivity index (χ3n) is 4.13. The van der Waals surface area contributed by atoms with Crippen molar-refractivity contribution in [2.24, 2.45) is 0 Å². The van der Waals surface area contributed by atoms with Crippen LogP contribution in [-0.4, -0.2) is 4.98 Å². The van der Waals surface area contributed by atoms with E-state index >= 15 is 0 Å². The maximum atomic E-state index is 13.6. The zero-order valence-corrected chi connectivity index (χ0v) is 17.3. The highest BCUT2D eigenvalue weighted by molar-refractivity contribution is 7.98. The van der Waals surface area contributed by atoms with Gasteiger partial charge in [-0.05, 0) is 30.7 Å². The number of rotatable bonds is 4. The molecule has 1 aromatic heterocycles. The molecular weight excluding hydrogens is 440 g/mol. The highest BCUT2D eigenvalue weighted by Crippen LogP contribution is 2.39. The van der Waals surface area contributed by atoms with Gasteiger partial charge in [0.1, 0.15) is 11.1 Å². The molecule has 2 nitrogen and oxygen atoms in total. The SMILES string of the molecule is Cc1ccc(-c2cc(C(F)(F)F)c(C#N)c(SCc3ccc(Cl)cc3Cl)n2)cc1. The monoisotopic (exact) mass is 452 g/mol. The van der Waals surface area contributed by atoms with Crippen molar-refractivity contribution < 1.29 is 13.2 Å². The van der Waals surface area contributed by atoms with Crippen LogP contribution in [0.1, 0.15) is 22.3 Å². The topological polar surface area (TPSA) is 36.7 Å². The first-order chi connectivity index (χ1) is 13.7. The Morgan fingerprint density at radius 1 is 1.07 bits per heavy atom. The molecule has 0 aliphatic rings.